The maximum absolute atomic E-state index is 12.1. The van der Waals surface area contributed by atoms with Crippen LogP contribution in [0.3, 0.4) is 0 Å². The summed E-state index contributed by atoms with van der Waals surface area (Å²) in [5.41, 5.74) is 0. The summed E-state index contributed by atoms with van der Waals surface area (Å²) in [6, 6.07) is -0.714. The van der Waals surface area contributed by atoms with Crippen molar-refractivity contribution in [3.05, 3.63) is 0 Å². The van der Waals surface area contributed by atoms with E-state index in [-0.39, 0.29) is 12.5 Å². The summed E-state index contributed by atoms with van der Waals surface area (Å²) < 4.78 is 24.4. The van der Waals surface area contributed by atoms with Crippen LogP contribution in [0.5, 0.6) is 0 Å². The van der Waals surface area contributed by atoms with Crippen molar-refractivity contribution in [1.82, 2.24) is 9.62 Å². The third-order valence-corrected chi connectivity index (χ3v) is 4.85. The van der Waals surface area contributed by atoms with Crippen molar-refractivity contribution in [3.8, 4) is 0 Å². The van der Waals surface area contributed by atoms with Crippen LogP contribution in [0.25, 0.3) is 0 Å². The summed E-state index contributed by atoms with van der Waals surface area (Å²) in [7, 11) is -3.41. The van der Waals surface area contributed by atoms with Gasteiger partial charge in [-0.3, -0.25) is 9.59 Å². The van der Waals surface area contributed by atoms with Crippen LogP contribution in [0.2, 0.25) is 0 Å². The van der Waals surface area contributed by atoms with Crippen molar-refractivity contribution in [3.63, 3.8) is 0 Å². The summed E-state index contributed by atoms with van der Waals surface area (Å²) in [6.45, 7) is 4.20. The number of carboxylic acids is 1. The molecular formula is C13H24N2O5S. The average Bonchev–Trinajstić information content (AvgIpc) is 2.82. The molecule has 1 aliphatic rings. The molecule has 2 N–H and O–H groups in total. The van der Waals surface area contributed by atoms with E-state index in [0.29, 0.717) is 25.8 Å². The molecule has 1 amide bonds. The molecule has 8 heteroatoms. The zero-order chi connectivity index (χ0) is 16.2. The zero-order valence-corrected chi connectivity index (χ0v) is 13.5. The number of carboxylic acid groups (broad SMARTS) is 1. The fourth-order valence-corrected chi connectivity index (χ4v) is 3.71. The van der Waals surface area contributed by atoms with E-state index >= 15 is 0 Å². The summed E-state index contributed by atoms with van der Waals surface area (Å²) in [4.78, 5) is 23.2. The molecule has 7 nitrogen and oxygen atoms in total. The number of carbonyl (C=O) groups excluding carboxylic acids is 1. The minimum Gasteiger partial charge on any atom is -0.481 e. The molecule has 0 aromatic rings. The van der Waals surface area contributed by atoms with E-state index in [2.05, 4.69) is 5.32 Å². The summed E-state index contributed by atoms with van der Waals surface area (Å²) in [5, 5.41) is 11.7. The van der Waals surface area contributed by atoms with Crippen molar-refractivity contribution in [2.24, 2.45) is 11.8 Å². The van der Waals surface area contributed by atoms with Gasteiger partial charge in [-0.2, -0.15) is 4.31 Å². The molecule has 2 atom stereocenters. The van der Waals surface area contributed by atoms with Gasteiger partial charge >= 0.3 is 5.97 Å². The van der Waals surface area contributed by atoms with Crippen LogP contribution in [0, 0.1) is 11.8 Å². The monoisotopic (exact) mass is 320 g/mol. The lowest BCUT2D eigenvalue weighted by atomic mass is 9.97. The number of amides is 1. The van der Waals surface area contributed by atoms with Crippen molar-refractivity contribution in [2.45, 2.75) is 39.2 Å². The molecule has 0 aliphatic carbocycles. The minimum absolute atomic E-state index is 0.0282. The number of rotatable bonds is 7. The van der Waals surface area contributed by atoms with Crippen LogP contribution in [0.1, 0.15) is 33.1 Å². The first-order valence-corrected chi connectivity index (χ1v) is 8.95. The number of sulfonamides is 1. The van der Waals surface area contributed by atoms with Gasteiger partial charge in [-0.15, -0.1) is 0 Å². The lowest BCUT2D eigenvalue weighted by Crippen LogP contribution is -2.47. The van der Waals surface area contributed by atoms with Gasteiger partial charge in [0, 0.05) is 13.1 Å². The second-order valence-electron chi connectivity index (χ2n) is 5.94. The second kappa shape index (κ2) is 7.22. The molecule has 0 unspecified atom stereocenters. The Morgan fingerprint density at radius 2 is 2.00 bits per heavy atom. The minimum atomic E-state index is -3.41. The molecule has 1 heterocycles. The van der Waals surface area contributed by atoms with Gasteiger partial charge in [0.2, 0.25) is 15.9 Å². The number of nitrogens with one attached hydrogen (secondary N) is 1. The van der Waals surface area contributed by atoms with E-state index < -0.39 is 33.9 Å². The molecule has 1 rings (SSSR count). The number of aliphatic carboxylic acids is 1. The number of hydrogen-bond acceptors (Lipinski definition) is 4. The molecule has 1 fully saturated rings. The van der Waals surface area contributed by atoms with Crippen LogP contribution in [0.15, 0.2) is 0 Å². The Hall–Kier alpha value is -1.15. The van der Waals surface area contributed by atoms with E-state index in [9.17, 15) is 18.0 Å². The van der Waals surface area contributed by atoms with Crippen LogP contribution >= 0.6 is 0 Å². The fraction of sp³-hybridized carbons (Fsp3) is 0.846. The van der Waals surface area contributed by atoms with Gasteiger partial charge in [0.1, 0.15) is 6.04 Å². The number of carbonyl (C=O) groups is 2. The molecule has 0 aromatic heterocycles. The molecule has 21 heavy (non-hydrogen) atoms. The van der Waals surface area contributed by atoms with Gasteiger partial charge in [-0.25, -0.2) is 8.42 Å². The Kier molecular flexibility index (Phi) is 6.15. The number of nitrogens with zero attached hydrogens (tertiary/aromatic N) is 1. The SMILES string of the molecule is CC(C)C[C@H](CNC(=O)[C@@H]1CCCN1S(C)(=O)=O)C(=O)O. The first-order chi connectivity index (χ1) is 9.62. The van der Waals surface area contributed by atoms with Crippen LogP contribution in [0.4, 0.5) is 0 Å². The lowest BCUT2D eigenvalue weighted by Gasteiger charge is -2.22. The third kappa shape index (κ3) is 5.28. The van der Waals surface area contributed by atoms with Gasteiger partial charge in [0.15, 0.2) is 0 Å². The molecule has 0 saturated carbocycles. The zero-order valence-electron chi connectivity index (χ0n) is 12.7. The first-order valence-electron chi connectivity index (χ1n) is 7.10. The highest BCUT2D eigenvalue weighted by Crippen LogP contribution is 2.20. The normalized spacial score (nSPS) is 21.4. The first kappa shape index (κ1) is 17.9. The highest BCUT2D eigenvalue weighted by atomic mass is 32.2. The van der Waals surface area contributed by atoms with E-state index in [1.807, 2.05) is 13.8 Å². The van der Waals surface area contributed by atoms with E-state index in [0.717, 1.165) is 6.26 Å². The standard InChI is InChI=1S/C13H24N2O5S/c1-9(2)7-10(13(17)18)8-14-12(16)11-5-4-6-15(11)21(3,19)20/h9-11H,4-8H2,1-3H3,(H,14,16)(H,17,18)/t10-,11+/m1/s1. The van der Waals surface area contributed by atoms with Crippen molar-refractivity contribution < 1.29 is 23.1 Å². The van der Waals surface area contributed by atoms with Crippen molar-refractivity contribution in [1.29, 1.82) is 0 Å². The highest BCUT2D eigenvalue weighted by Gasteiger charge is 2.36. The quantitative estimate of drug-likeness (QED) is 0.701. The van der Waals surface area contributed by atoms with Gasteiger partial charge in [0.05, 0.1) is 12.2 Å². The highest BCUT2D eigenvalue weighted by molar-refractivity contribution is 7.88. The van der Waals surface area contributed by atoms with E-state index in [1.54, 1.807) is 0 Å². The van der Waals surface area contributed by atoms with Gasteiger partial charge in [0.25, 0.3) is 0 Å². The fourth-order valence-electron chi connectivity index (χ4n) is 2.58. The predicted molar refractivity (Wildman–Crippen MR) is 78.2 cm³/mol. The molecule has 1 saturated heterocycles. The molecule has 0 bridgehead atoms. The Balaban J connectivity index is 2.62. The smallest absolute Gasteiger partial charge is 0.308 e. The Labute approximate surface area is 125 Å². The molecule has 0 radical (unpaired) electrons. The molecule has 1 aliphatic heterocycles. The molecule has 0 spiro atoms. The van der Waals surface area contributed by atoms with E-state index in [4.69, 9.17) is 5.11 Å². The second-order valence-corrected chi connectivity index (χ2v) is 7.88. The third-order valence-electron chi connectivity index (χ3n) is 3.56. The number of hydrogen-bond donors (Lipinski definition) is 2. The molecular weight excluding hydrogens is 296 g/mol. The maximum atomic E-state index is 12.1. The van der Waals surface area contributed by atoms with Crippen LogP contribution in [-0.2, 0) is 19.6 Å². The molecule has 122 valence electrons. The Bertz CT molecular complexity index is 489. The predicted octanol–water partition coefficient (Wildman–Crippen LogP) is 0.274. The Morgan fingerprint density at radius 3 is 2.48 bits per heavy atom. The van der Waals surface area contributed by atoms with Crippen LogP contribution < -0.4 is 5.32 Å². The average molecular weight is 320 g/mol. The van der Waals surface area contributed by atoms with Gasteiger partial charge in [-0.05, 0) is 25.2 Å². The van der Waals surface area contributed by atoms with Gasteiger partial charge in [-0.1, -0.05) is 13.8 Å². The largest absolute Gasteiger partial charge is 0.481 e. The lowest BCUT2D eigenvalue weighted by molar-refractivity contribution is -0.142. The Morgan fingerprint density at radius 1 is 1.38 bits per heavy atom. The topological polar surface area (TPSA) is 104 Å². The molecule has 0 aromatic carbocycles. The summed E-state index contributed by atoms with van der Waals surface area (Å²) in [5.74, 6) is -1.80. The maximum Gasteiger partial charge on any atom is 0.308 e. The summed E-state index contributed by atoms with van der Waals surface area (Å²) >= 11 is 0. The van der Waals surface area contributed by atoms with Crippen LogP contribution in [-0.4, -0.2) is 55.1 Å². The van der Waals surface area contributed by atoms with Gasteiger partial charge < -0.3 is 10.4 Å². The van der Waals surface area contributed by atoms with Crippen molar-refractivity contribution >= 4 is 21.9 Å². The summed E-state index contributed by atoms with van der Waals surface area (Å²) in [6.07, 6.45) is 2.66. The van der Waals surface area contributed by atoms with Crippen molar-refractivity contribution in [2.75, 3.05) is 19.3 Å². The van der Waals surface area contributed by atoms with E-state index in [1.165, 1.54) is 4.31 Å².